The number of furan rings is 1. The van der Waals surface area contributed by atoms with Gasteiger partial charge in [0.1, 0.15) is 11.5 Å². The van der Waals surface area contributed by atoms with Crippen molar-refractivity contribution in [1.82, 2.24) is 0 Å². The Bertz CT molecular complexity index is 1230. The van der Waals surface area contributed by atoms with Crippen molar-refractivity contribution in [2.24, 2.45) is 5.10 Å². The minimum Gasteiger partial charge on any atom is -0.478 e. The molecule has 1 N–H and O–H groups in total. The van der Waals surface area contributed by atoms with E-state index >= 15 is 0 Å². The summed E-state index contributed by atoms with van der Waals surface area (Å²) < 4.78 is 5.80. The van der Waals surface area contributed by atoms with E-state index < -0.39 is 5.97 Å². The molecule has 1 aromatic heterocycles. The number of carboxylic acids is 1. The maximum atomic E-state index is 12.8. The fourth-order valence-electron chi connectivity index (χ4n) is 3.01. The van der Waals surface area contributed by atoms with Crippen LogP contribution >= 0.6 is 23.2 Å². The Kier molecular flexibility index (Phi) is 5.20. The molecular weight excluding hydrogens is 427 g/mol. The molecule has 0 aliphatic carbocycles. The van der Waals surface area contributed by atoms with Gasteiger partial charge in [0.05, 0.1) is 27.6 Å². The van der Waals surface area contributed by atoms with Gasteiger partial charge in [0.2, 0.25) is 0 Å². The maximum absolute atomic E-state index is 12.8. The first-order valence-corrected chi connectivity index (χ1v) is 9.59. The quantitative estimate of drug-likeness (QED) is 0.522. The Balaban J connectivity index is 1.62. The van der Waals surface area contributed by atoms with Crippen molar-refractivity contribution in [3.05, 3.63) is 81.5 Å². The number of hydrogen-bond donors (Lipinski definition) is 1. The van der Waals surface area contributed by atoms with Gasteiger partial charge in [-0.2, -0.15) is 10.1 Å². The predicted octanol–water partition coefficient (Wildman–Crippen LogP) is 5.76. The van der Waals surface area contributed by atoms with Crippen molar-refractivity contribution >= 4 is 52.6 Å². The molecule has 2 aromatic carbocycles. The summed E-state index contributed by atoms with van der Waals surface area (Å²) in [4.78, 5) is 24.1. The number of carboxylic acid groups (broad SMARTS) is 1. The molecule has 1 amide bonds. The Morgan fingerprint density at radius 2 is 1.83 bits per heavy atom. The molecule has 1 aliphatic rings. The zero-order valence-corrected chi connectivity index (χ0v) is 17.1. The molecule has 4 rings (SSSR count). The fourth-order valence-corrected chi connectivity index (χ4v) is 3.34. The van der Waals surface area contributed by atoms with Gasteiger partial charge in [-0.15, -0.1) is 0 Å². The SMILES string of the molecule is CC1=NN(c2ccc(Cl)cc2)C(=O)C1=Cc1ccc(-c2ccc(Cl)c(C(=O)O)c2)o1. The Morgan fingerprint density at radius 3 is 2.53 bits per heavy atom. The standard InChI is InChI=1S/C22H14Cl2N2O4/c1-12-17(21(27)26(25-12)15-5-3-14(23)4-6-15)11-16-7-9-20(30-16)13-2-8-19(24)18(10-13)22(28)29/h2-11H,1H3,(H,28,29). The molecule has 30 heavy (non-hydrogen) atoms. The van der Waals surface area contributed by atoms with Gasteiger partial charge in [-0.3, -0.25) is 4.79 Å². The highest BCUT2D eigenvalue weighted by molar-refractivity contribution is 6.34. The zero-order valence-electron chi connectivity index (χ0n) is 15.6. The van der Waals surface area contributed by atoms with E-state index in [1.807, 2.05) is 0 Å². The third-order valence-electron chi connectivity index (χ3n) is 4.53. The third-order valence-corrected chi connectivity index (χ3v) is 5.11. The molecule has 0 atom stereocenters. The molecule has 0 fully saturated rings. The van der Waals surface area contributed by atoms with Crippen molar-refractivity contribution in [1.29, 1.82) is 0 Å². The van der Waals surface area contributed by atoms with E-state index in [2.05, 4.69) is 5.10 Å². The van der Waals surface area contributed by atoms with Crippen LogP contribution in [-0.4, -0.2) is 22.7 Å². The minimum absolute atomic E-state index is 0.0157. The number of carbonyl (C=O) groups is 2. The van der Waals surface area contributed by atoms with Crippen LogP contribution in [0.2, 0.25) is 10.0 Å². The summed E-state index contributed by atoms with van der Waals surface area (Å²) in [7, 11) is 0. The van der Waals surface area contributed by atoms with Gasteiger partial charge in [-0.25, -0.2) is 4.79 Å². The Hall–Kier alpha value is -3.35. The van der Waals surface area contributed by atoms with Crippen LogP contribution in [0.1, 0.15) is 23.0 Å². The van der Waals surface area contributed by atoms with E-state index in [4.69, 9.17) is 27.6 Å². The van der Waals surface area contributed by atoms with Gasteiger partial charge in [0.25, 0.3) is 5.91 Å². The molecule has 0 saturated heterocycles. The molecule has 1 aliphatic heterocycles. The highest BCUT2D eigenvalue weighted by Crippen LogP contribution is 2.30. The maximum Gasteiger partial charge on any atom is 0.337 e. The van der Waals surface area contributed by atoms with E-state index in [0.717, 1.165) is 0 Å². The summed E-state index contributed by atoms with van der Waals surface area (Å²) >= 11 is 11.8. The number of rotatable bonds is 4. The minimum atomic E-state index is -1.12. The summed E-state index contributed by atoms with van der Waals surface area (Å²) in [6.07, 6.45) is 1.61. The van der Waals surface area contributed by atoms with Crippen molar-refractivity contribution in [2.75, 3.05) is 5.01 Å². The van der Waals surface area contributed by atoms with Gasteiger partial charge in [0, 0.05) is 10.6 Å². The van der Waals surface area contributed by atoms with Crippen molar-refractivity contribution < 1.29 is 19.1 Å². The van der Waals surface area contributed by atoms with Crippen LogP contribution < -0.4 is 5.01 Å². The lowest BCUT2D eigenvalue weighted by atomic mass is 10.1. The number of nitrogens with zero attached hydrogens (tertiary/aromatic N) is 2. The predicted molar refractivity (Wildman–Crippen MR) is 116 cm³/mol. The first-order valence-electron chi connectivity index (χ1n) is 8.84. The topological polar surface area (TPSA) is 83.1 Å². The molecule has 0 unspecified atom stereocenters. The summed E-state index contributed by atoms with van der Waals surface area (Å²) in [6, 6.07) is 14.8. The third kappa shape index (κ3) is 3.75. The monoisotopic (exact) mass is 440 g/mol. The number of benzene rings is 2. The molecule has 150 valence electrons. The van der Waals surface area contributed by atoms with Gasteiger partial charge in [-0.05, 0) is 67.6 Å². The zero-order chi connectivity index (χ0) is 21.4. The molecule has 2 heterocycles. The first-order chi connectivity index (χ1) is 14.3. The van der Waals surface area contributed by atoms with E-state index in [0.29, 0.717) is 39.1 Å². The number of aromatic carboxylic acids is 1. The summed E-state index contributed by atoms with van der Waals surface area (Å²) in [5.41, 5.74) is 2.10. The number of hydrogen-bond acceptors (Lipinski definition) is 4. The molecule has 0 bridgehead atoms. The number of halogens is 2. The number of carbonyl (C=O) groups excluding carboxylic acids is 1. The smallest absolute Gasteiger partial charge is 0.337 e. The van der Waals surface area contributed by atoms with E-state index in [9.17, 15) is 14.7 Å². The van der Waals surface area contributed by atoms with Crippen LogP contribution in [0.4, 0.5) is 5.69 Å². The van der Waals surface area contributed by atoms with Crippen LogP contribution in [0.3, 0.4) is 0 Å². The first kappa shape index (κ1) is 19.9. The lowest BCUT2D eigenvalue weighted by Gasteiger charge is -2.11. The average molecular weight is 441 g/mol. The van der Waals surface area contributed by atoms with Crippen LogP contribution in [0.25, 0.3) is 17.4 Å². The fraction of sp³-hybridized carbons (Fsp3) is 0.0455. The van der Waals surface area contributed by atoms with Crippen LogP contribution in [-0.2, 0) is 4.79 Å². The van der Waals surface area contributed by atoms with Crippen molar-refractivity contribution in [3.63, 3.8) is 0 Å². The van der Waals surface area contributed by atoms with Crippen LogP contribution in [0.15, 0.2) is 69.7 Å². The number of anilines is 1. The second kappa shape index (κ2) is 7.82. The van der Waals surface area contributed by atoms with Gasteiger partial charge in [-0.1, -0.05) is 23.2 Å². The second-order valence-corrected chi connectivity index (χ2v) is 7.38. The van der Waals surface area contributed by atoms with Crippen LogP contribution in [0, 0.1) is 0 Å². The summed E-state index contributed by atoms with van der Waals surface area (Å²) in [5.74, 6) is -0.517. The molecule has 6 nitrogen and oxygen atoms in total. The van der Waals surface area contributed by atoms with Gasteiger partial charge < -0.3 is 9.52 Å². The molecule has 0 spiro atoms. The highest BCUT2D eigenvalue weighted by atomic mass is 35.5. The normalized spacial score (nSPS) is 15.0. The largest absolute Gasteiger partial charge is 0.478 e. The molecule has 0 radical (unpaired) electrons. The average Bonchev–Trinajstić information content (AvgIpc) is 3.29. The Morgan fingerprint density at radius 1 is 1.10 bits per heavy atom. The van der Waals surface area contributed by atoms with E-state index in [1.54, 1.807) is 55.5 Å². The lowest BCUT2D eigenvalue weighted by Crippen LogP contribution is -2.21. The molecule has 0 saturated carbocycles. The summed E-state index contributed by atoms with van der Waals surface area (Å²) in [6.45, 7) is 1.74. The van der Waals surface area contributed by atoms with E-state index in [1.165, 1.54) is 17.1 Å². The van der Waals surface area contributed by atoms with Crippen molar-refractivity contribution in [3.8, 4) is 11.3 Å². The molecular formula is C22H14Cl2N2O4. The van der Waals surface area contributed by atoms with Crippen LogP contribution in [0.5, 0.6) is 0 Å². The number of amides is 1. The lowest BCUT2D eigenvalue weighted by molar-refractivity contribution is -0.114. The summed E-state index contributed by atoms with van der Waals surface area (Å²) in [5, 5.41) is 15.6. The highest BCUT2D eigenvalue weighted by Gasteiger charge is 2.29. The van der Waals surface area contributed by atoms with E-state index in [-0.39, 0.29) is 16.5 Å². The van der Waals surface area contributed by atoms with Gasteiger partial charge >= 0.3 is 5.97 Å². The molecule has 3 aromatic rings. The number of hydrazone groups is 1. The second-order valence-electron chi connectivity index (χ2n) is 6.54. The molecule has 8 heteroatoms. The van der Waals surface area contributed by atoms with Gasteiger partial charge in [0.15, 0.2) is 0 Å². The Labute approximate surface area is 181 Å². The van der Waals surface area contributed by atoms with Crippen molar-refractivity contribution in [2.45, 2.75) is 6.92 Å².